The van der Waals surface area contributed by atoms with E-state index in [9.17, 15) is 5.11 Å². The molecule has 6 rings (SSSR count). The van der Waals surface area contributed by atoms with Crippen molar-refractivity contribution in [1.29, 1.82) is 0 Å². The normalized spacial score (nSPS) is 27.3. The highest BCUT2D eigenvalue weighted by atomic mass is 16.6. The predicted octanol–water partition coefficient (Wildman–Crippen LogP) is 13.1. The van der Waals surface area contributed by atoms with Gasteiger partial charge in [0.05, 0.1) is 43.7 Å². The van der Waals surface area contributed by atoms with Gasteiger partial charge in [-0.3, -0.25) is 0 Å². The van der Waals surface area contributed by atoms with Crippen LogP contribution in [0.15, 0.2) is 107 Å². The van der Waals surface area contributed by atoms with E-state index in [1.165, 1.54) is 11.1 Å². The minimum absolute atomic E-state index is 0.00853. The van der Waals surface area contributed by atoms with Crippen LogP contribution in [0.3, 0.4) is 0 Å². The highest BCUT2D eigenvalue weighted by Gasteiger charge is 2.46. The second-order valence-corrected chi connectivity index (χ2v) is 16.7. The predicted molar refractivity (Wildman–Crippen MR) is 238 cm³/mol. The third-order valence-electron chi connectivity index (χ3n) is 13.0. The van der Waals surface area contributed by atoms with Crippen LogP contribution in [0.5, 0.6) is 0 Å². The first kappa shape index (κ1) is 46.4. The summed E-state index contributed by atoms with van der Waals surface area (Å²) in [5, 5.41) is 18.7. The van der Waals surface area contributed by atoms with Gasteiger partial charge in [-0.2, -0.15) is 0 Å². The molecule has 12 atom stereocenters. The van der Waals surface area contributed by atoms with Crippen molar-refractivity contribution >= 4 is 11.4 Å². The zero-order chi connectivity index (χ0) is 43.3. The Hall–Kier alpha value is -4.70. The van der Waals surface area contributed by atoms with Crippen LogP contribution in [0.25, 0.3) is 20.9 Å². The van der Waals surface area contributed by atoms with Crippen LogP contribution >= 0.6 is 0 Å². The van der Waals surface area contributed by atoms with Gasteiger partial charge in [0.1, 0.15) is 12.2 Å². The molecule has 0 spiro atoms. The molecule has 0 aliphatic carbocycles. The van der Waals surface area contributed by atoms with E-state index in [4.69, 9.17) is 30.0 Å². The van der Waals surface area contributed by atoms with Crippen molar-refractivity contribution in [1.82, 2.24) is 0 Å². The van der Waals surface area contributed by atoms with E-state index in [-0.39, 0.29) is 42.4 Å². The van der Waals surface area contributed by atoms with Crippen LogP contribution in [0.1, 0.15) is 107 Å². The maximum atomic E-state index is 11.3. The molecule has 11 nitrogen and oxygen atoms in total. The Morgan fingerprint density at radius 3 is 1.45 bits per heavy atom. The average molecular weight is 817 g/mol. The topological polar surface area (TPSA) is 155 Å². The van der Waals surface area contributed by atoms with Crippen molar-refractivity contribution in [2.24, 2.45) is 33.9 Å². The monoisotopic (exact) mass is 816 g/mol. The van der Waals surface area contributed by atoms with Crippen LogP contribution in [-0.4, -0.2) is 41.7 Å². The molecule has 0 bridgehead atoms. The molecule has 0 amide bonds. The number of nitrogens with zero attached hydrogens (tertiary/aromatic N) is 6. The van der Waals surface area contributed by atoms with Crippen molar-refractivity contribution in [3.8, 4) is 0 Å². The molecule has 4 aromatic carbocycles. The summed E-state index contributed by atoms with van der Waals surface area (Å²) in [5.74, 6) is 1.55. The number of hydrogen-bond acceptors (Lipinski definition) is 7. The Balaban J connectivity index is 0.000000228. The minimum Gasteiger partial charge on any atom is -0.386 e. The van der Waals surface area contributed by atoms with Crippen molar-refractivity contribution in [3.05, 3.63) is 151 Å². The molecule has 4 aromatic rings. The molecule has 0 aromatic heterocycles. The molecule has 11 heteroatoms. The second-order valence-electron chi connectivity index (χ2n) is 16.7. The van der Waals surface area contributed by atoms with Crippen molar-refractivity contribution < 1.29 is 24.1 Å². The first-order valence-electron chi connectivity index (χ1n) is 21.5. The number of aryl methyl sites for hydroxylation is 2. The third-order valence-corrected chi connectivity index (χ3v) is 13.0. The molecule has 2 saturated heterocycles. The molecule has 2 aliphatic rings. The highest BCUT2D eigenvalue weighted by molar-refractivity contribution is 5.46. The van der Waals surface area contributed by atoms with Gasteiger partial charge in [-0.1, -0.05) is 144 Å². The maximum Gasteiger partial charge on any atom is 0.114 e. The Labute approximate surface area is 356 Å². The second kappa shape index (κ2) is 22.2. The lowest BCUT2D eigenvalue weighted by Gasteiger charge is -2.47. The molecule has 0 radical (unpaired) electrons. The smallest absolute Gasteiger partial charge is 0.114 e. The molecule has 60 heavy (non-hydrogen) atoms. The summed E-state index contributed by atoms with van der Waals surface area (Å²) in [5.41, 5.74) is 24.8. The molecule has 2 fully saturated rings. The Bertz CT molecular complexity index is 1910. The molecule has 2 heterocycles. The number of aliphatic hydroxyl groups excluding tert-OH is 1. The number of azide groups is 2. The standard InChI is InChI=1S/C25H33N3O2.C24H31N3O3/c1-6-23-17(3)18(4)24(29-15-20-10-8-7-9-11-20)25(30-23)19(5)22-13-12-21(27-28-26)14-16(22)2;1-5-21-16(3)17(4)23(29-14-18-9-7-6-8-10-18)24(30-21)22(28)20-12-11-19(26-27-25)13-15(20)2/h7-14,17-19,23-25H,6,15H2,1-5H3;6-13,16-17,21-24,28H,5,14H2,1-4H3/t17-,18-,19+,23?,24?,25+;16-,17-,21?,22+,23?,24+/m00/s1. The fourth-order valence-corrected chi connectivity index (χ4v) is 9.04. The Kier molecular flexibility index (Phi) is 17.2. The Morgan fingerprint density at radius 1 is 0.617 bits per heavy atom. The van der Waals surface area contributed by atoms with E-state index < -0.39 is 12.2 Å². The van der Waals surface area contributed by atoms with Gasteiger partial charge in [-0.15, -0.1) is 0 Å². The summed E-state index contributed by atoms with van der Waals surface area (Å²) < 4.78 is 25.9. The van der Waals surface area contributed by atoms with Crippen molar-refractivity contribution in [3.63, 3.8) is 0 Å². The summed E-state index contributed by atoms with van der Waals surface area (Å²) in [4.78, 5) is 5.73. The van der Waals surface area contributed by atoms with Crippen LogP contribution in [0.2, 0.25) is 0 Å². The average Bonchev–Trinajstić information content (AvgIpc) is 3.25. The number of aliphatic hydroxyl groups is 1. The molecule has 2 aliphatic heterocycles. The SMILES string of the molecule is CCC1O[C@H]([C@H](C)c2ccc(N=[N+]=[N-])cc2C)C(OCc2ccccc2)[C@@H](C)[C@@H]1C.CCC1O[C@H]([C@H](O)c2ccc(N=[N+]=[N-])cc2C)C(OCc2ccccc2)[C@@H](C)[C@@H]1C. The van der Waals surface area contributed by atoms with Gasteiger partial charge in [-0.25, -0.2) is 0 Å². The molecular weight excluding hydrogens is 753 g/mol. The number of benzene rings is 4. The molecule has 0 saturated carbocycles. The van der Waals surface area contributed by atoms with E-state index >= 15 is 0 Å². The van der Waals surface area contributed by atoms with Crippen LogP contribution in [0, 0.1) is 37.5 Å². The van der Waals surface area contributed by atoms with E-state index in [1.807, 2.05) is 73.7 Å². The molecular formula is C49H64N6O5. The summed E-state index contributed by atoms with van der Waals surface area (Å²) in [7, 11) is 0. The van der Waals surface area contributed by atoms with Crippen LogP contribution < -0.4 is 0 Å². The van der Waals surface area contributed by atoms with E-state index in [2.05, 4.69) is 93.6 Å². The van der Waals surface area contributed by atoms with Crippen molar-refractivity contribution in [2.45, 2.75) is 137 Å². The van der Waals surface area contributed by atoms with Gasteiger partial charge < -0.3 is 24.1 Å². The third kappa shape index (κ3) is 11.4. The lowest BCUT2D eigenvalue weighted by atomic mass is 9.76. The van der Waals surface area contributed by atoms with E-state index in [0.29, 0.717) is 42.3 Å². The van der Waals surface area contributed by atoms with E-state index in [1.54, 1.807) is 12.1 Å². The van der Waals surface area contributed by atoms with Gasteiger partial charge in [0.15, 0.2) is 0 Å². The van der Waals surface area contributed by atoms with Gasteiger partial charge in [0, 0.05) is 27.1 Å². The van der Waals surface area contributed by atoms with Crippen LogP contribution in [0.4, 0.5) is 11.4 Å². The van der Waals surface area contributed by atoms with E-state index in [0.717, 1.165) is 35.1 Å². The highest BCUT2D eigenvalue weighted by Crippen LogP contribution is 2.42. The molecule has 4 unspecified atom stereocenters. The first-order chi connectivity index (χ1) is 28.9. The minimum atomic E-state index is -0.838. The quantitative estimate of drug-likeness (QED) is 0.0762. The van der Waals surface area contributed by atoms with Gasteiger partial charge >= 0.3 is 0 Å². The largest absolute Gasteiger partial charge is 0.386 e. The lowest BCUT2D eigenvalue weighted by Crippen LogP contribution is -2.52. The first-order valence-corrected chi connectivity index (χ1v) is 21.5. The fourth-order valence-electron chi connectivity index (χ4n) is 9.04. The maximum absolute atomic E-state index is 11.3. The van der Waals surface area contributed by atoms with Gasteiger partial charge in [0.2, 0.25) is 0 Å². The summed E-state index contributed by atoms with van der Waals surface area (Å²) >= 11 is 0. The zero-order valence-corrected chi connectivity index (χ0v) is 36.8. The zero-order valence-electron chi connectivity index (χ0n) is 36.8. The summed E-state index contributed by atoms with van der Waals surface area (Å²) in [6, 6.07) is 31.6. The fraction of sp³-hybridized carbons (Fsp3) is 0.510. The van der Waals surface area contributed by atoms with Crippen molar-refractivity contribution in [2.75, 3.05) is 0 Å². The van der Waals surface area contributed by atoms with Gasteiger partial charge in [0.25, 0.3) is 0 Å². The summed E-state index contributed by atoms with van der Waals surface area (Å²) in [6.07, 6.45) is 0.594. The number of ether oxygens (including phenoxy) is 4. The summed E-state index contributed by atoms with van der Waals surface area (Å²) in [6.45, 7) is 20.5. The number of rotatable bonds is 14. The lowest BCUT2D eigenvalue weighted by molar-refractivity contribution is -0.220. The van der Waals surface area contributed by atoms with Gasteiger partial charge in [-0.05, 0) is 107 Å². The Morgan fingerprint density at radius 2 is 1.03 bits per heavy atom. The molecule has 320 valence electrons. The van der Waals surface area contributed by atoms with Crippen LogP contribution in [-0.2, 0) is 32.2 Å². The number of hydrogen-bond donors (Lipinski definition) is 1. The molecule has 1 N–H and O–H groups in total.